The Morgan fingerprint density at radius 2 is 1.68 bits per heavy atom. The summed E-state index contributed by atoms with van der Waals surface area (Å²) in [4.78, 5) is 26.9. The van der Waals surface area contributed by atoms with Crippen molar-refractivity contribution in [3.8, 4) is 11.5 Å². The van der Waals surface area contributed by atoms with E-state index in [1.54, 1.807) is 4.90 Å². The number of rotatable bonds is 8. The summed E-state index contributed by atoms with van der Waals surface area (Å²) in [5.41, 5.74) is 1.01. The van der Waals surface area contributed by atoms with Crippen LogP contribution in [0.4, 0.5) is 0 Å². The van der Waals surface area contributed by atoms with Crippen molar-refractivity contribution in [3.63, 3.8) is 0 Å². The van der Waals surface area contributed by atoms with Gasteiger partial charge in [-0.1, -0.05) is 30.3 Å². The van der Waals surface area contributed by atoms with Crippen LogP contribution >= 0.6 is 0 Å². The third kappa shape index (κ3) is 6.74. The number of likely N-dealkylation sites (tertiary alicyclic amines) is 1. The van der Waals surface area contributed by atoms with Gasteiger partial charge in [-0.3, -0.25) is 9.59 Å². The Labute approximate surface area is 184 Å². The highest BCUT2D eigenvalue weighted by molar-refractivity contribution is 5.81. The number of amides is 2. The van der Waals surface area contributed by atoms with Gasteiger partial charge in [0.25, 0.3) is 5.91 Å². The Morgan fingerprint density at radius 1 is 1.00 bits per heavy atom. The van der Waals surface area contributed by atoms with E-state index in [0.717, 1.165) is 11.3 Å². The summed E-state index contributed by atoms with van der Waals surface area (Å²) in [5.74, 6) is 1.39. The van der Waals surface area contributed by atoms with Gasteiger partial charge >= 0.3 is 0 Å². The van der Waals surface area contributed by atoms with E-state index in [0.29, 0.717) is 31.7 Å². The average molecular weight is 425 g/mol. The van der Waals surface area contributed by atoms with E-state index >= 15 is 0 Å². The summed E-state index contributed by atoms with van der Waals surface area (Å²) in [6, 6.07) is 17.0. The molecule has 6 nitrogen and oxygen atoms in total. The molecule has 0 aromatic heterocycles. The van der Waals surface area contributed by atoms with Crippen LogP contribution in [0.3, 0.4) is 0 Å². The molecule has 1 unspecified atom stereocenters. The lowest BCUT2D eigenvalue weighted by Crippen LogP contribution is -2.44. The summed E-state index contributed by atoms with van der Waals surface area (Å²) < 4.78 is 11.3. The van der Waals surface area contributed by atoms with Gasteiger partial charge in [-0.15, -0.1) is 0 Å². The van der Waals surface area contributed by atoms with Crippen LogP contribution in [0.5, 0.6) is 11.5 Å². The molecule has 166 valence electrons. The van der Waals surface area contributed by atoms with Crippen LogP contribution in [0.1, 0.15) is 45.2 Å². The molecule has 0 saturated carbocycles. The number of hydrogen-bond acceptors (Lipinski definition) is 4. The van der Waals surface area contributed by atoms with Crippen LogP contribution in [0.15, 0.2) is 54.6 Å². The number of para-hydroxylation sites is 1. The number of benzene rings is 2. The van der Waals surface area contributed by atoms with Crippen molar-refractivity contribution in [2.75, 3.05) is 19.7 Å². The summed E-state index contributed by atoms with van der Waals surface area (Å²) in [6.07, 6.45) is 1.42. The molecule has 0 radical (unpaired) electrons. The van der Waals surface area contributed by atoms with Crippen molar-refractivity contribution < 1.29 is 19.1 Å². The lowest BCUT2D eigenvalue weighted by molar-refractivity contribution is -0.137. The number of piperidine rings is 1. The molecule has 1 heterocycles. The fraction of sp³-hybridized carbons (Fsp3) is 0.440. The van der Waals surface area contributed by atoms with E-state index < -0.39 is 0 Å². The largest absolute Gasteiger partial charge is 0.491 e. The topological polar surface area (TPSA) is 67.9 Å². The molecule has 1 saturated heterocycles. The predicted molar refractivity (Wildman–Crippen MR) is 120 cm³/mol. The third-order valence-electron chi connectivity index (χ3n) is 5.41. The van der Waals surface area contributed by atoms with Crippen LogP contribution < -0.4 is 14.8 Å². The Kier molecular flexibility index (Phi) is 7.93. The van der Waals surface area contributed by atoms with E-state index in [1.807, 2.05) is 75.4 Å². The first kappa shape index (κ1) is 22.7. The fourth-order valence-electron chi connectivity index (χ4n) is 3.69. The van der Waals surface area contributed by atoms with Gasteiger partial charge in [-0.2, -0.15) is 0 Å². The molecule has 0 aliphatic carbocycles. The number of hydrogen-bond donors (Lipinski definition) is 1. The molecule has 1 atom stereocenters. The second kappa shape index (κ2) is 10.8. The minimum Gasteiger partial charge on any atom is -0.491 e. The molecule has 2 aromatic carbocycles. The highest BCUT2D eigenvalue weighted by Crippen LogP contribution is 2.23. The second-order valence-corrected chi connectivity index (χ2v) is 8.23. The fourth-order valence-corrected chi connectivity index (χ4v) is 3.69. The van der Waals surface area contributed by atoms with Crippen molar-refractivity contribution in [3.05, 3.63) is 60.2 Å². The maximum atomic E-state index is 12.8. The molecular weight excluding hydrogens is 392 g/mol. The Bertz CT molecular complexity index is 861. The summed E-state index contributed by atoms with van der Waals surface area (Å²) in [6.45, 7) is 7.12. The van der Waals surface area contributed by atoms with Crippen LogP contribution in [-0.4, -0.2) is 42.5 Å². The van der Waals surface area contributed by atoms with Gasteiger partial charge in [0.15, 0.2) is 6.61 Å². The van der Waals surface area contributed by atoms with Crippen LogP contribution in [-0.2, 0) is 9.59 Å². The zero-order valence-electron chi connectivity index (χ0n) is 18.5. The van der Waals surface area contributed by atoms with Gasteiger partial charge in [0.1, 0.15) is 11.5 Å². The smallest absolute Gasteiger partial charge is 0.260 e. The molecule has 6 heteroatoms. The first-order valence-corrected chi connectivity index (χ1v) is 10.9. The van der Waals surface area contributed by atoms with Crippen LogP contribution in [0.2, 0.25) is 0 Å². The first-order valence-electron chi connectivity index (χ1n) is 10.9. The molecule has 31 heavy (non-hydrogen) atoms. The van der Waals surface area contributed by atoms with Gasteiger partial charge in [0.05, 0.1) is 12.1 Å². The molecular formula is C25H32N2O4. The molecule has 1 aliphatic rings. The Morgan fingerprint density at radius 3 is 2.35 bits per heavy atom. The molecule has 2 amide bonds. The Hall–Kier alpha value is -3.02. The number of carbonyl (C=O) groups excluding carboxylic acids is 2. The number of nitrogens with zero attached hydrogens (tertiary/aromatic N) is 1. The molecule has 1 N–H and O–H groups in total. The zero-order chi connectivity index (χ0) is 22.2. The lowest BCUT2D eigenvalue weighted by Gasteiger charge is -2.32. The molecule has 0 bridgehead atoms. The maximum Gasteiger partial charge on any atom is 0.260 e. The standard InChI is InChI=1S/C25H32N2O4/c1-18(2)31-23-11-7-8-21(16-23)19(3)26-25(29)20-12-14-27(15-13-20)24(28)17-30-22-9-5-4-6-10-22/h4-11,16,18-20H,12-15,17H2,1-3H3,(H,26,29). The number of ether oxygens (including phenoxy) is 2. The molecule has 0 spiro atoms. The van der Waals surface area contributed by atoms with E-state index in [-0.39, 0.29) is 36.5 Å². The highest BCUT2D eigenvalue weighted by Gasteiger charge is 2.28. The monoisotopic (exact) mass is 424 g/mol. The maximum absolute atomic E-state index is 12.8. The highest BCUT2D eigenvalue weighted by atomic mass is 16.5. The van der Waals surface area contributed by atoms with E-state index in [9.17, 15) is 9.59 Å². The summed E-state index contributed by atoms with van der Waals surface area (Å²) >= 11 is 0. The third-order valence-corrected chi connectivity index (χ3v) is 5.41. The second-order valence-electron chi connectivity index (χ2n) is 8.23. The van der Waals surface area contributed by atoms with E-state index in [1.165, 1.54) is 0 Å². The molecule has 1 fully saturated rings. The predicted octanol–water partition coefficient (Wildman–Crippen LogP) is 3.97. The minimum absolute atomic E-state index is 0.0205. The van der Waals surface area contributed by atoms with Gasteiger partial charge in [0, 0.05) is 19.0 Å². The molecule has 2 aromatic rings. The van der Waals surface area contributed by atoms with Gasteiger partial charge in [-0.05, 0) is 63.4 Å². The molecule has 1 aliphatic heterocycles. The number of carbonyl (C=O) groups is 2. The number of nitrogens with one attached hydrogen (secondary N) is 1. The molecule has 3 rings (SSSR count). The normalized spacial score (nSPS) is 15.4. The average Bonchev–Trinajstić information content (AvgIpc) is 2.78. The van der Waals surface area contributed by atoms with E-state index in [4.69, 9.17) is 9.47 Å². The van der Waals surface area contributed by atoms with Crippen molar-refractivity contribution in [2.45, 2.75) is 45.8 Å². The summed E-state index contributed by atoms with van der Waals surface area (Å²) in [5, 5.41) is 3.11. The van der Waals surface area contributed by atoms with Crippen LogP contribution in [0.25, 0.3) is 0 Å². The quantitative estimate of drug-likeness (QED) is 0.696. The first-order chi connectivity index (χ1) is 14.9. The van der Waals surface area contributed by atoms with Crippen molar-refractivity contribution in [1.29, 1.82) is 0 Å². The van der Waals surface area contributed by atoms with Crippen molar-refractivity contribution in [1.82, 2.24) is 10.2 Å². The SMILES string of the molecule is CC(C)Oc1cccc(C(C)NC(=O)C2CCN(C(=O)COc3ccccc3)CC2)c1. The van der Waals surface area contributed by atoms with E-state index in [2.05, 4.69) is 5.32 Å². The summed E-state index contributed by atoms with van der Waals surface area (Å²) in [7, 11) is 0. The zero-order valence-corrected chi connectivity index (χ0v) is 18.5. The van der Waals surface area contributed by atoms with Gasteiger partial charge in [-0.25, -0.2) is 0 Å². The van der Waals surface area contributed by atoms with Gasteiger partial charge < -0.3 is 19.7 Å². The van der Waals surface area contributed by atoms with Gasteiger partial charge in [0.2, 0.25) is 5.91 Å². The van der Waals surface area contributed by atoms with Crippen LogP contribution in [0, 0.1) is 5.92 Å². The lowest BCUT2D eigenvalue weighted by atomic mass is 9.95. The minimum atomic E-state index is -0.109. The van der Waals surface area contributed by atoms with Crippen molar-refractivity contribution >= 4 is 11.8 Å². The Balaban J connectivity index is 1.45. The van der Waals surface area contributed by atoms with Crippen molar-refractivity contribution in [2.24, 2.45) is 5.92 Å².